The second kappa shape index (κ2) is 12.6. The molecule has 1 N–H and O–H groups in total. The zero-order valence-corrected chi connectivity index (χ0v) is 21.0. The summed E-state index contributed by atoms with van der Waals surface area (Å²) in [5.41, 5.74) is 1.94. The van der Waals surface area contributed by atoms with Gasteiger partial charge in [0.2, 0.25) is 5.88 Å². The van der Waals surface area contributed by atoms with Crippen LogP contribution in [0.25, 0.3) is 22.4 Å². The number of hydrogen-bond acceptors (Lipinski definition) is 11. The summed E-state index contributed by atoms with van der Waals surface area (Å²) in [6.45, 7) is 8.05. The Bertz CT molecular complexity index is 1210. The van der Waals surface area contributed by atoms with Gasteiger partial charge in [0, 0.05) is 39.0 Å². The van der Waals surface area contributed by atoms with Gasteiger partial charge in [-0.05, 0) is 18.6 Å². The van der Waals surface area contributed by atoms with E-state index in [-0.39, 0.29) is 11.6 Å². The molecule has 3 aromatic rings. The van der Waals surface area contributed by atoms with Crippen LogP contribution in [0.2, 0.25) is 0 Å². The largest absolute Gasteiger partial charge is 0.480 e. The summed E-state index contributed by atoms with van der Waals surface area (Å²) in [7, 11) is 3.00. The molecule has 1 aliphatic heterocycles. The molecule has 0 aliphatic carbocycles. The van der Waals surface area contributed by atoms with Crippen LogP contribution < -0.4 is 20.3 Å². The van der Waals surface area contributed by atoms with Crippen LogP contribution in [0.1, 0.15) is 13.3 Å². The van der Waals surface area contributed by atoms with Crippen molar-refractivity contribution in [2.75, 3.05) is 72.1 Å². The van der Waals surface area contributed by atoms with Crippen molar-refractivity contribution >= 4 is 17.0 Å². The quantitative estimate of drug-likeness (QED) is 0.364. The number of rotatable bonds is 12. The number of methoxy groups -OCH3 is 2. The Morgan fingerprint density at radius 3 is 2.64 bits per heavy atom. The fraction of sp³-hybridized carbons (Fsp3) is 0.542. The maximum absolute atomic E-state index is 13.4. The summed E-state index contributed by atoms with van der Waals surface area (Å²) in [5.74, 6) is 0.620. The van der Waals surface area contributed by atoms with Gasteiger partial charge in [0.15, 0.2) is 11.5 Å². The van der Waals surface area contributed by atoms with Crippen molar-refractivity contribution in [1.29, 1.82) is 0 Å². The molecule has 1 fully saturated rings. The van der Waals surface area contributed by atoms with Crippen molar-refractivity contribution in [3.05, 3.63) is 28.7 Å². The molecular formula is C24H33N7O5. The van der Waals surface area contributed by atoms with E-state index in [2.05, 4.69) is 25.2 Å². The number of ether oxygens (including phenoxy) is 4. The zero-order valence-electron chi connectivity index (χ0n) is 21.0. The summed E-state index contributed by atoms with van der Waals surface area (Å²) in [4.78, 5) is 33.5. The molecule has 3 aromatic heterocycles. The van der Waals surface area contributed by atoms with E-state index in [9.17, 15) is 4.79 Å². The van der Waals surface area contributed by atoms with E-state index in [1.165, 1.54) is 14.2 Å². The molecule has 0 atom stereocenters. The molecule has 0 radical (unpaired) electrons. The Morgan fingerprint density at radius 1 is 1.06 bits per heavy atom. The van der Waals surface area contributed by atoms with Crippen molar-refractivity contribution in [1.82, 2.24) is 29.4 Å². The van der Waals surface area contributed by atoms with E-state index < -0.39 is 0 Å². The molecule has 12 heteroatoms. The highest BCUT2D eigenvalue weighted by atomic mass is 16.5. The van der Waals surface area contributed by atoms with E-state index in [1.807, 2.05) is 19.1 Å². The number of nitrogens with one attached hydrogen (secondary N) is 1. The number of morpholine rings is 1. The number of nitrogens with zero attached hydrogens (tertiary/aromatic N) is 6. The Labute approximate surface area is 209 Å². The summed E-state index contributed by atoms with van der Waals surface area (Å²) in [5, 5.41) is 3.22. The molecule has 12 nitrogen and oxygen atoms in total. The molecule has 36 heavy (non-hydrogen) atoms. The number of fused-ring (bicyclic) bond motifs is 1. The molecule has 0 spiro atoms. The minimum absolute atomic E-state index is 0.191. The topological polar surface area (TPSA) is 126 Å². The molecule has 4 heterocycles. The van der Waals surface area contributed by atoms with Gasteiger partial charge in [-0.3, -0.25) is 14.3 Å². The van der Waals surface area contributed by atoms with Crippen LogP contribution >= 0.6 is 0 Å². The van der Waals surface area contributed by atoms with Crippen LogP contribution in [0.3, 0.4) is 0 Å². The van der Waals surface area contributed by atoms with E-state index >= 15 is 0 Å². The Morgan fingerprint density at radius 2 is 1.89 bits per heavy atom. The van der Waals surface area contributed by atoms with Crippen molar-refractivity contribution in [2.45, 2.75) is 19.9 Å². The van der Waals surface area contributed by atoms with Crippen LogP contribution in [0.4, 0.5) is 5.82 Å². The SMILES string of the molecule is CCCOCCn1c(=O)c(NCCN2CCOCC2)nc2ccc(-c3cnc(OC)nc3OC)nc21. The van der Waals surface area contributed by atoms with Crippen LogP contribution in [0.5, 0.6) is 11.9 Å². The minimum atomic E-state index is -0.243. The van der Waals surface area contributed by atoms with Gasteiger partial charge >= 0.3 is 6.01 Å². The van der Waals surface area contributed by atoms with Gasteiger partial charge in [-0.25, -0.2) is 15.0 Å². The maximum Gasteiger partial charge on any atom is 0.319 e. The second-order valence-electron chi connectivity index (χ2n) is 8.23. The number of hydrogen-bond donors (Lipinski definition) is 1. The molecule has 0 aromatic carbocycles. The van der Waals surface area contributed by atoms with Crippen molar-refractivity contribution in [3.8, 4) is 23.1 Å². The van der Waals surface area contributed by atoms with Crippen molar-refractivity contribution in [2.24, 2.45) is 0 Å². The van der Waals surface area contributed by atoms with Crippen LogP contribution in [0, 0.1) is 0 Å². The molecule has 0 bridgehead atoms. The van der Waals surface area contributed by atoms with Crippen LogP contribution in [-0.2, 0) is 16.0 Å². The first-order chi connectivity index (χ1) is 17.6. The highest BCUT2D eigenvalue weighted by Crippen LogP contribution is 2.28. The van der Waals surface area contributed by atoms with Gasteiger partial charge in [0.05, 0.1) is 51.8 Å². The monoisotopic (exact) mass is 499 g/mol. The summed E-state index contributed by atoms with van der Waals surface area (Å²) >= 11 is 0. The smallest absolute Gasteiger partial charge is 0.319 e. The molecule has 4 rings (SSSR count). The molecule has 1 aliphatic rings. The average molecular weight is 500 g/mol. The Kier molecular flexibility index (Phi) is 8.98. The summed E-state index contributed by atoms with van der Waals surface area (Å²) in [6, 6.07) is 3.83. The van der Waals surface area contributed by atoms with Crippen molar-refractivity contribution in [3.63, 3.8) is 0 Å². The van der Waals surface area contributed by atoms with E-state index in [0.717, 1.165) is 39.3 Å². The maximum atomic E-state index is 13.4. The summed E-state index contributed by atoms with van der Waals surface area (Å²) < 4.78 is 23.2. The van der Waals surface area contributed by atoms with Gasteiger partial charge in [-0.15, -0.1) is 0 Å². The standard InChI is InChI=1S/C24H33N7O5/c1-4-12-35-15-11-31-21-19(27-20(23(31)32)25-7-8-30-9-13-36-14-10-30)6-5-18(28-21)17-16-26-24(34-3)29-22(17)33-2/h5-6,16H,4,7-15H2,1-3H3,(H,25,27). The zero-order chi connectivity index (χ0) is 25.3. The predicted molar refractivity (Wildman–Crippen MR) is 135 cm³/mol. The molecule has 1 saturated heterocycles. The Balaban J connectivity index is 1.66. The molecule has 0 saturated carbocycles. The number of anilines is 1. The van der Waals surface area contributed by atoms with E-state index in [4.69, 9.17) is 23.9 Å². The average Bonchev–Trinajstić information content (AvgIpc) is 2.92. The lowest BCUT2D eigenvalue weighted by Gasteiger charge is -2.26. The molecule has 0 unspecified atom stereocenters. The van der Waals surface area contributed by atoms with Gasteiger partial charge in [-0.1, -0.05) is 6.92 Å². The fourth-order valence-electron chi connectivity index (χ4n) is 3.93. The van der Waals surface area contributed by atoms with Gasteiger partial charge in [0.25, 0.3) is 5.56 Å². The number of aromatic nitrogens is 5. The van der Waals surface area contributed by atoms with E-state index in [0.29, 0.717) is 60.4 Å². The third-order valence-electron chi connectivity index (χ3n) is 5.81. The highest BCUT2D eigenvalue weighted by molar-refractivity contribution is 5.77. The van der Waals surface area contributed by atoms with Crippen LogP contribution in [0.15, 0.2) is 23.1 Å². The second-order valence-corrected chi connectivity index (χ2v) is 8.23. The lowest BCUT2D eigenvalue weighted by molar-refractivity contribution is 0.0398. The highest BCUT2D eigenvalue weighted by Gasteiger charge is 2.17. The molecule has 0 amide bonds. The molecular weight excluding hydrogens is 466 g/mol. The van der Waals surface area contributed by atoms with Crippen LogP contribution in [-0.4, -0.2) is 96.2 Å². The minimum Gasteiger partial charge on any atom is -0.480 e. The van der Waals surface area contributed by atoms with Gasteiger partial charge < -0.3 is 24.3 Å². The van der Waals surface area contributed by atoms with Gasteiger partial charge in [-0.2, -0.15) is 4.98 Å². The number of pyridine rings is 1. The first-order valence-corrected chi connectivity index (χ1v) is 12.1. The third kappa shape index (κ3) is 6.07. The predicted octanol–water partition coefficient (Wildman–Crippen LogP) is 1.44. The Hall–Kier alpha value is -3.35. The summed E-state index contributed by atoms with van der Waals surface area (Å²) in [6.07, 6.45) is 2.49. The lowest BCUT2D eigenvalue weighted by atomic mass is 10.2. The van der Waals surface area contributed by atoms with E-state index in [1.54, 1.807) is 10.8 Å². The van der Waals surface area contributed by atoms with Gasteiger partial charge in [0.1, 0.15) is 5.52 Å². The first kappa shape index (κ1) is 25.7. The lowest BCUT2D eigenvalue weighted by Crippen LogP contribution is -2.39. The first-order valence-electron chi connectivity index (χ1n) is 12.1. The fourth-order valence-corrected chi connectivity index (χ4v) is 3.93. The normalized spacial score (nSPS) is 14.2. The molecule has 194 valence electrons. The van der Waals surface area contributed by atoms with Crippen molar-refractivity contribution < 1.29 is 18.9 Å². The third-order valence-corrected chi connectivity index (χ3v) is 5.81.